The molecule has 1 unspecified atom stereocenters. The van der Waals surface area contributed by atoms with E-state index in [0.717, 1.165) is 0 Å². The monoisotopic (exact) mass is 360 g/mol. The summed E-state index contributed by atoms with van der Waals surface area (Å²) in [6, 6.07) is 14.3. The number of amides is 2. The van der Waals surface area contributed by atoms with Gasteiger partial charge < -0.3 is 15.4 Å². The van der Waals surface area contributed by atoms with Crippen LogP contribution in [0.3, 0.4) is 0 Å². The first-order chi connectivity index (χ1) is 10.6. The molecule has 0 fully saturated rings. The van der Waals surface area contributed by atoms with E-state index in [4.69, 9.17) is 4.74 Å². The van der Waals surface area contributed by atoms with Gasteiger partial charge in [0.05, 0.1) is 17.8 Å². The van der Waals surface area contributed by atoms with Gasteiger partial charge in [-0.25, -0.2) is 0 Å². The maximum absolute atomic E-state index is 12.1. The zero-order valence-corrected chi connectivity index (χ0v) is 13.1. The maximum Gasteiger partial charge on any atom is 0.267 e. The normalized spacial score (nSPS) is 16.2. The van der Waals surface area contributed by atoms with Gasteiger partial charge in [0, 0.05) is 4.47 Å². The van der Waals surface area contributed by atoms with Crippen LogP contribution in [0, 0.1) is 0 Å². The third kappa shape index (κ3) is 2.96. The number of carbonyl (C=O) groups is 2. The van der Waals surface area contributed by atoms with Gasteiger partial charge >= 0.3 is 0 Å². The molecule has 0 bridgehead atoms. The highest BCUT2D eigenvalue weighted by Gasteiger charge is 2.27. The first-order valence-electron chi connectivity index (χ1n) is 6.74. The molecule has 5 nitrogen and oxygen atoms in total. The Kier molecular flexibility index (Phi) is 4.11. The number of rotatable bonds is 3. The predicted molar refractivity (Wildman–Crippen MR) is 86.0 cm³/mol. The Morgan fingerprint density at radius 2 is 1.91 bits per heavy atom. The Morgan fingerprint density at radius 1 is 1.18 bits per heavy atom. The zero-order valence-electron chi connectivity index (χ0n) is 11.5. The van der Waals surface area contributed by atoms with Crippen molar-refractivity contribution >= 4 is 33.4 Å². The van der Waals surface area contributed by atoms with E-state index in [0.29, 0.717) is 21.5 Å². The molecule has 2 aromatic carbocycles. The lowest BCUT2D eigenvalue weighted by Crippen LogP contribution is -2.45. The number of hydrogen-bond acceptors (Lipinski definition) is 3. The lowest BCUT2D eigenvalue weighted by Gasteiger charge is -2.25. The van der Waals surface area contributed by atoms with Crippen molar-refractivity contribution in [1.29, 1.82) is 0 Å². The molecule has 0 aromatic heterocycles. The third-order valence-electron chi connectivity index (χ3n) is 3.27. The highest BCUT2D eigenvalue weighted by Crippen LogP contribution is 2.28. The summed E-state index contributed by atoms with van der Waals surface area (Å²) in [5.41, 5.74) is 1.15. The van der Waals surface area contributed by atoms with Crippen molar-refractivity contribution in [3.63, 3.8) is 0 Å². The number of ether oxygens (including phenoxy) is 1. The van der Waals surface area contributed by atoms with E-state index < -0.39 is 6.10 Å². The van der Waals surface area contributed by atoms with Gasteiger partial charge in [-0.15, -0.1) is 0 Å². The summed E-state index contributed by atoms with van der Waals surface area (Å²) in [4.78, 5) is 24.1. The minimum Gasteiger partial charge on any atom is -0.477 e. The lowest BCUT2D eigenvalue weighted by molar-refractivity contribution is -0.123. The Morgan fingerprint density at radius 3 is 2.73 bits per heavy atom. The van der Waals surface area contributed by atoms with Crippen LogP contribution in [0.5, 0.6) is 5.75 Å². The van der Waals surface area contributed by atoms with Crippen LogP contribution in [-0.2, 0) is 4.79 Å². The molecule has 0 saturated heterocycles. The number of halogens is 1. The van der Waals surface area contributed by atoms with Crippen molar-refractivity contribution in [2.75, 3.05) is 11.9 Å². The Balaban J connectivity index is 1.66. The molecule has 1 aliphatic heterocycles. The number of benzene rings is 2. The van der Waals surface area contributed by atoms with Crippen LogP contribution in [-0.4, -0.2) is 24.5 Å². The molecule has 112 valence electrons. The van der Waals surface area contributed by atoms with Crippen LogP contribution in [0.25, 0.3) is 0 Å². The summed E-state index contributed by atoms with van der Waals surface area (Å²) >= 11 is 3.32. The Bertz CT molecular complexity index is 733. The minimum atomic E-state index is -0.749. The molecular formula is C16H13BrN2O3. The van der Waals surface area contributed by atoms with Gasteiger partial charge in [-0.05, 0) is 40.2 Å². The van der Waals surface area contributed by atoms with E-state index in [1.165, 1.54) is 0 Å². The SMILES string of the molecule is O=C(NCC1Oc2ccccc2NC1=O)c1ccccc1Br. The first-order valence-corrected chi connectivity index (χ1v) is 7.54. The van der Waals surface area contributed by atoms with Crippen LogP contribution in [0.15, 0.2) is 53.0 Å². The number of carbonyl (C=O) groups excluding carboxylic acids is 2. The van der Waals surface area contributed by atoms with Crippen molar-refractivity contribution in [2.24, 2.45) is 0 Å². The first kappa shape index (κ1) is 14.6. The van der Waals surface area contributed by atoms with Crippen molar-refractivity contribution in [3.8, 4) is 5.75 Å². The molecule has 1 atom stereocenters. The van der Waals surface area contributed by atoms with Crippen LogP contribution >= 0.6 is 15.9 Å². The molecule has 0 radical (unpaired) electrons. The highest BCUT2D eigenvalue weighted by atomic mass is 79.9. The van der Waals surface area contributed by atoms with Gasteiger partial charge in [-0.1, -0.05) is 24.3 Å². The molecule has 2 aromatic rings. The van der Waals surface area contributed by atoms with Crippen LogP contribution in [0.4, 0.5) is 5.69 Å². The van der Waals surface area contributed by atoms with Crippen LogP contribution in [0.2, 0.25) is 0 Å². The standard InChI is InChI=1S/C16H13BrN2O3/c17-11-6-2-1-5-10(11)15(20)18-9-14-16(21)19-12-7-3-4-8-13(12)22-14/h1-8,14H,9H2,(H,18,20)(H,19,21). The van der Waals surface area contributed by atoms with Crippen LogP contribution < -0.4 is 15.4 Å². The van der Waals surface area contributed by atoms with Crippen molar-refractivity contribution in [3.05, 3.63) is 58.6 Å². The molecule has 0 spiro atoms. The second-order valence-corrected chi connectivity index (χ2v) is 5.64. The van der Waals surface area contributed by atoms with E-state index >= 15 is 0 Å². The predicted octanol–water partition coefficient (Wildman–Crippen LogP) is 2.58. The average Bonchev–Trinajstić information content (AvgIpc) is 2.53. The summed E-state index contributed by atoms with van der Waals surface area (Å²) in [6.07, 6.45) is -0.749. The molecule has 1 heterocycles. The second-order valence-electron chi connectivity index (χ2n) is 4.78. The van der Waals surface area contributed by atoms with E-state index in [-0.39, 0.29) is 18.4 Å². The highest BCUT2D eigenvalue weighted by molar-refractivity contribution is 9.10. The minimum absolute atomic E-state index is 0.0976. The summed E-state index contributed by atoms with van der Waals surface area (Å²) in [5, 5.41) is 5.48. The van der Waals surface area contributed by atoms with Crippen molar-refractivity contribution < 1.29 is 14.3 Å². The van der Waals surface area contributed by atoms with Gasteiger partial charge in [-0.3, -0.25) is 9.59 Å². The molecule has 1 aliphatic rings. The molecular weight excluding hydrogens is 348 g/mol. The summed E-state index contributed by atoms with van der Waals surface area (Å²) in [5.74, 6) is 0.0658. The van der Waals surface area contributed by atoms with Gasteiger partial charge in [0.25, 0.3) is 11.8 Å². The number of hydrogen-bond donors (Lipinski definition) is 2. The van der Waals surface area contributed by atoms with E-state index in [1.807, 2.05) is 18.2 Å². The van der Waals surface area contributed by atoms with Gasteiger partial charge in [-0.2, -0.15) is 0 Å². The number of para-hydroxylation sites is 2. The number of anilines is 1. The Labute approximate surface area is 135 Å². The fraction of sp³-hybridized carbons (Fsp3) is 0.125. The molecule has 0 saturated carbocycles. The van der Waals surface area contributed by atoms with Crippen molar-refractivity contribution in [1.82, 2.24) is 5.32 Å². The largest absolute Gasteiger partial charge is 0.477 e. The van der Waals surface area contributed by atoms with Crippen LogP contribution in [0.1, 0.15) is 10.4 Å². The summed E-state index contributed by atoms with van der Waals surface area (Å²) in [6.45, 7) is 0.0976. The fourth-order valence-electron chi connectivity index (χ4n) is 2.15. The smallest absolute Gasteiger partial charge is 0.267 e. The molecule has 2 N–H and O–H groups in total. The van der Waals surface area contributed by atoms with Gasteiger partial charge in [0.2, 0.25) is 0 Å². The van der Waals surface area contributed by atoms with Gasteiger partial charge in [0.15, 0.2) is 6.10 Å². The van der Waals surface area contributed by atoms with Crippen molar-refractivity contribution in [2.45, 2.75) is 6.10 Å². The topological polar surface area (TPSA) is 67.4 Å². The van der Waals surface area contributed by atoms with E-state index in [9.17, 15) is 9.59 Å². The van der Waals surface area contributed by atoms with E-state index in [2.05, 4.69) is 26.6 Å². The summed E-state index contributed by atoms with van der Waals surface area (Å²) in [7, 11) is 0. The summed E-state index contributed by atoms with van der Waals surface area (Å²) < 4.78 is 6.32. The second kappa shape index (κ2) is 6.19. The molecule has 2 amide bonds. The molecule has 6 heteroatoms. The lowest BCUT2D eigenvalue weighted by atomic mass is 10.2. The van der Waals surface area contributed by atoms with Gasteiger partial charge in [0.1, 0.15) is 5.75 Å². The quantitative estimate of drug-likeness (QED) is 0.883. The molecule has 3 rings (SSSR count). The number of nitrogens with one attached hydrogen (secondary N) is 2. The Hall–Kier alpha value is -2.34. The van der Waals surface area contributed by atoms with E-state index in [1.54, 1.807) is 30.3 Å². The number of fused-ring (bicyclic) bond motifs is 1. The average molecular weight is 361 g/mol. The third-order valence-corrected chi connectivity index (χ3v) is 3.96. The molecule has 22 heavy (non-hydrogen) atoms. The fourth-order valence-corrected chi connectivity index (χ4v) is 2.62. The maximum atomic E-state index is 12.1. The molecule has 0 aliphatic carbocycles. The zero-order chi connectivity index (χ0) is 15.5.